The Kier molecular flexibility index (Phi) is 6.40. The average Bonchev–Trinajstić information content (AvgIpc) is 3.03. The Hall–Kier alpha value is -1.88. The molecule has 1 aromatic rings. The fourth-order valence-electron chi connectivity index (χ4n) is 2.78. The van der Waals surface area contributed by atoms with Crippen LogP contribution >= 0.6 is 0 Å². The predicted molar refractivity (Wildman–Crippen MR) is 84.6 cm³/mol. The summed E-state index contributed by atoms with van der Waals surface area (Å²) in [6.07, 6.45) is 3.00. The first-order valence-electron chi connectivity index (χ1n) is 7.92. The zero-order valence-electron chi connectivity index (χ0n) is 12.8. The van der Waals surface area contributed by atoms with Crippen molar-refractivity contribution in [2.75, 3.05) is 19.6 Å². The Morgan fingerprint density at radius 3 is 2.64 bits per heavy atom. The Morgan fingerprint density at radius 2 is 2.00 bits per heavy atom. The molecule has 2 N–H and O–H groups in total. The summed E-state index contributed by atoms with van der Waals surface area (Å²) in [7, 11) is 0. The van der Waals surface area contributed by atoms with Crippen LogP contribution in [0, 0.1) is 0 Å². The molecule has 5 heteroatoms. The van der Waals surface area contributed by atoms with Gasteiger partial charge in [0.1, 0.15) is 0 Å². The van der Waals surface area contributed by atoms with E-state index < -0.39 is 5.97 Å². The fraction of sp³-hybridized carbons (Fsp3) is 0.529. The molecule has 1 heterocycles. The first-order chi connectivity index (χ1) is 10.6. The van der Waals surface area contributed by atoms with Crippen molar-refractivity contribution in [2.24, 2.45) is 0 Å². The number of carbonyl (C=O) groups excluding carboxylic acids is 1. The van der Waals surface area contributed by atoms with Crippen molar-refractivity contribution in [3.8, 4) is 0 Å². The summed E-state index contributed by atoms with van der Waals surface area (Å²) in [5.41, 5.74) is 1.19. The number of hydrogen-bond donors (Lipinski definition) is 2. The molecule has 5 nitrogen and oxygen atoms in total. The summed E-state index contributed by atoms with van der Waals surface area (Å²) >= 11 is 0. The first-order valence-corrected chi connectivity index (χ1v) is 7.92. The van der Waals surface area contributed by atoms with Gasteiger partial charge in [-0.3, -0.25) is 9.59 Å². The summed E-state index contributed by atoms with van der Waals surface area (Å²) in [6, 6.07) is 10.4. The number of nitrogens with one attached hydrogen (secondary N) is 1. The van der Waals surface area contributed by atoms with E-state index in [9.17, 15) is 9.59 Å². The molecule has 0 spiro atoms. The first kappa shape index (κ1) is 16.5. The average molecular weight is 304 g/mol. The molecule has 1 saturated heterocycles. The molecule has 0 aromatic heterocycles. The van der Waals surface area contributed by atoms with E-state index in [1.807, 2.05) is 35.2 Å². The number of aliphatic carboxylic acids is 1. The highest BCUT2D eigenvalue weighted by atomic mass is 16.4. The van der Waals surface area contributed by atoms with Crippen molar-refractivity contribution in [3.63, 3.8) is 0 Å². The van der Waals surface area contributed by atoms with Gasteiger partial charge in [0.25, 0.3) is 0 Å². The highest BCUT2D eigenvalue weighted by molar-refractivity contribution is 5.80. The van der Waals surface area contributed by atoms with E-state index in [1.165, 1.54) is 5.56 Å². The van der Waals surface area contributed by atoms with E-state index in [1.54, 1.807) is 0 Å². The van der Waals surface area contributed by atoms with Crippen LogP contribution in [0.3, 0.4) is 0 Å². The molecular formula is C17H24N2O3. The van der Waals surface area contributed by atoms with Gasteiger partial charge in [-0.2, -0.15) is 0 Å². The molecule has 1 aliphatic heterocycles. The molecule has 0 radical (unpaired) electrons. The third kappa shape index (κ3) is 5.48. The van der Waals surface area contributed by atoms with Crippen molar-refractivity contribution in [2.45, 2.75) is 38.1 Å². The van der Waals surface area contributed by atoms with E-state index in [0.29, 0.717) is 19.1 Å². The summed E-state index contributed by atoms with van der Waals surface area (Å²) in [4.78, 5) is 24.8. The third-order valence-electron chi connectivity index (χ3n) is 4.02. The molecule has 0 bridgehead atoms. The second-order valence-electron chi connectivity index (χ2n) is 5.76. The van der Waals surface area contributed by atoms with Gasteiger partial charge < -0.3 is 15.3 Å². The quantitative estimate of drug-likeness (QED) is 0.766. The largest absolute Gasteiger partial charge is 0.481 e. The minimum atomic E-state index is -0.921. The van der Waals surface area contributed by atoms with Crippen LogP contribution in [-0.4, -0.2) is 47.6 Å². The van der Waals surface area contributed by atoms with Crippen LogP contribution in [0.25, 0.3) is 0 Å². The highest BCUT2D eigenvalue weighted by Gasteiger charge is 2.21. The molecule has 120 valence electrons. The minimum absolute atomic E-state index is 0.0629. The molecule has 0 unspecified atom stereocenters. The van der Waals surface area contributed by atoms with E-state index in [0.717, 1.165) is 25.8 Å². The molecule has 1 amide bonds. The topological polar surface area (TPSA) is 69.6 Å². The van der Waals surface area contributed by atoms with E-state index in [-0.39, 0.29) is 18.7 Å². The van der Waals surface area contributed by atoms with Gasteiger partial charge in [0, 0.05) is 25.6 Å². The zero-order chi connectivity index (χ0) is 15.8. The summed E-state index contributed by atoms with van der Waals surface area (Å²) in [5, 5.41) is 12.1. The maximum absolute atomic E-state index is 12.3. The van der Waals surface area contributed by atoms with Gasteiger partial charge in [0.2, 0.25) is 5.91 Å². The summed E-state index contributed by atoms with van der Waals surface area (Å²) < 4.78 is 0. The molecular weight excluding hydrogens is 280 g/mol. The minimum Gasteiger partial charge on any atom is -0.481 e. The van der Waals surface area contributed by atoms with Gasteiger partial charge in [-0.05, 0) is 31.4 Å². The molecule has 22 heavy (non-hydrogen) atoms. The molecule has 1 aliphatic rings. The van der Waals surface area contributed by atoms with Crippen LogP contribution in [0.2, 0.25) is 0 Å². The van der Waals surface area contributed by atoms with Gasteiger partial charge in [-0.25, -0.2) is 0 Å². The van der Waals surface area contributed by atoms with Crippen LogP contribution < -0.4 is 5.32 Å². The molecule has 1 atom stereocenters. The van der Waals surface area contributed by atoms with Crippen LogP contribution in [0.1, 0.15) is 31.2 Å². The molecule has 1 fully saturated rings. The monoisotopic (exact) mass is 304 g/mol. The van der Waals surface area contributed by atoms with E-state index in [2.05, 4.69) is 5.32 Å². The molecule has 2 rings (SSSR count). The van der Waals surface area contributed by atoms with Crippen LogP contribution in [0.5, 0.6) is 0 Å². The lowest BCUT2D eigenvalue weighted by atomic mass is 10.1. The Labute approximate surface area is 131 Å². The Bertz CT molecular complexity index is 484. The maximum Gasteiger partial charge on any atom is 0.303 e. The lowest BCUT2D eigenvalue weighted by molar-refractivity contribution is -0.141. The summed E-state index contributed by atoms with van der Waals surface area (Å²) in [6.45, 7) is 2.31. The van der Waals surface area contributed by atoms with Crippen molar-refractivity contribution in [1.29, 1.82) is 0 Å². The number of carboxylic acids is 1. The highest BCUT2D eigenvalue weighted by Crippen LogP contribution is 2.10. The lowest BCUT2D eigenvalue weighted by Crippen LogP contribution is -2.42. The van der Waals surface area contributed by atoms with Crippen molar-refractivity contribution in [3.05, 3.63) is 35.9 Å². The van der Waals surface area contributed by atoms with Crippen LogP contribution in [0.4, 0.5) is 0 Å². The Balaban J connectivity index is 1.90. The third-order valence-corrected chi connectivity index (χ3v) is 4.02. The smallest absolute Gasteiger partial charge is 0.303 e. The normalized spacial score (nSPS) is 17.4. The number of carboxylic acid groups (broad SMARTS) is 1. The van der Waals surface area contributed by atoms with Gasteiger partial charge in [0.15, 0.2) is 0 Å². The van der Waals surface area contributed by atoms with Crippen molar-refractivity contribution < 1.29 is 14.7 Å². The summed E-state index contributed by atoms with van der Waals surface area (Å²) in [5.74, 6) is -0.984. The number of benzene rings is 1. The standard InChI is InChI=1S/C17H24N2O3/c20-16(8-9-17(21)22)19(13-15-7-4-11-18-15)12-10-14-5-2-1-3-6-14/h1-3,5-6,15,18H,4,7-13H2,(H,21,22)/t15-/m0/s1. The lowest BCUT2D eigenvalue weighted by Gasteiger charge is -2.26. The Morgan fingerprint density at radius 1 is 1.23 bits per heavy atom. The second kappa shape index (κ2) is 8.54. The van der Waals surface area contributed by atoms with Crippen molar-refractivity contribution in [1.82, 2.24) is 10.2 Å². The van der Waals surface area contributed by atoms with Gasteiger partial charge >= 0.3 is 5.97 Å². The second-order valence-corrected chi connectivity index (χ2v) is 5.76. The van der Waals surface area contributed by atoms with E-state index >= 15 is 0 Å². The number of nitrogens with zero attached hydrogens (tertiary/aromatic N) is 1. The molecule has 0 aliphatic carbocycles. The number of hydrogen-bond acceptors (Lipinski definition) is 3. The van der Waals surface area contributed by atoms with Crippen LogP contribution in [-0.2, 0) is 16.0 Å². The number of carbonyl (C=O) groups is 2. The van der Waals surface area contributed by atoms with Gasteiger partial charge in [-0.1, -0.05) is 30.3 Å². The van der Waals surface area contributed by atoms with Crippen molar-refractivity contribution >= 4 is 11.9 Å². The maximum atomic E-state index is 12.3. The number of amides is 1. The van der Waals surface area contributed by atoms with Gasteiger partial charge in [0.05, 0.1) is 6.42 Å². The molecule has 0 saturated carbocycles. The van der Waals surface area contributed by atoms with Crippen LogP contribution in [0.15, 0.2) is 30.3 Å². The van der Waals surface area contributed by atoms with Gasteiger partial charge in [-0.15, -0.1) is 0 Å². The fourth-order valence-corrected chi connectivity index (χ4v) is 2.78. The number of rotatable bonds is 8. The predicted octanol–water partition coefficient (Wildman–Crippen LogP) is 1.67. The SMILES string of the molecule is O=C(O)CCC(=O)N(CCc1ccccc1)C[C@@H]1CCCN1. The van der Waals surface area contributed by atoms with E-state index in [4.69, 9.17) is 5.11 Å². The zero-order valence-corrected chi connectivity index (χ0v) is 12.8. The molecule has 1 aromatic carbocycles.